The van der Waals surface area contributed by atoms with Crippen molar-refractivity contribution in [3.63, 3.8) is 0 Å². The van der Waals surface area contributed by atoms with Crippen LogP contribution in [0.3, 0.4) is 0 Å². The third kappa shape index (κ3) is 4.89. The predicted molar refractivity (Wildman–Crippen MR) is 153 cm³/mol. The molecule has 1 fully saturated rings. The van der Waals surface area contributed by atoms with E-state index < -0.39 is 0 Å². The summed E-state index contributed by atoms with van der Waals surface area (Å²) in [6.07, 6.45) is 3.97. The molecule has 3 heterocycles. The van der Waals surface area contributed by atoms with Crippen molar-refractivity contribution in [2.24, 2.45) is 7.05 Å². The van der Waals surface area contributed by atoms with Crippen LogP contribution in [-0.4, -0.2) is 55.5 Å². The molecule has 2 aromatic heterocycles. The summed E-state index contributed by atoms with van der Waals surface area (Å²) in [6.45, 7) is 9.68. The molecule has 1 aliphatic rings. The molecule has 1 saturated heterocycles. The van der Waals surface area contributed by atoms with Gasteiger partial charge in [0.1, 0.15) is 11.6 Å². The largest absolute Gasteiger partial charge is 0.508 e. The van der Waals surface area contributed by atoms with E-state index in [0.717, 1.165) is 72.9 Å². The number of fused-ring (bicyclic) bond motifs is 1. The summed E-state index contributed by atoms with van der Waals surface area (Å²) in [6, 6.07) is 20.8. The molecule has 0 bridgehead atoms. The summed E-state index contributed by atoms with van der Waals surface area (Å²) in [5.41, 5.74) is 9.41. The van der Waals surface area contributed by atoms with Gasteiger partial charge in [-0.25, -0.2) is 4.98 Å². The van der Waals surface area contributed by atoms with Gasteiger partial charge in [0.25, 0.3) is 0 Å². The minimum atomic E-state index is 0.316. The number of aromatic nitrogens is 4. The topological polar surface area (TPSA) is 62.4 Å². The zero-order valence-corrected chi connectivity index (χ0v) is 22.3. The van der Waals surface area contributed by atoms with Gasteiger partial charge in [-0.2, -0.15) is 5.10 Å². The lowest BCUT2D eigenvalue weighted by molar-refractivity contribution is 0.241. The maximum Gasteiger partial charge on any atom is 0.124 e. The molecule has 0 spiro atoms. The normalized spacial score (nSPS) is 14.4. The maximum atomic E-state index is 9.89. The summed E-state index contributed by atoms with van der Waals surface area (Å²) in [5.74, 6) is 1.41. The zero-order valence-electron chi connectivity index (χ0n) is 22.3. The van der Waals surface area contributed by atoms with E-state index in [2.05, 4.69) is 82.0 Å². The van der Waals surface area contributed by atoms with Gasteiger partial charge in [-0.05, 0) is 54.8 Å². The second kappa shape index (κ2) is 9.99. The van der Waals surface area contributed by atoms with Gasteiger partial charge in [-0.1, -0.05) is 35.9 Å². The molecule has 6 rings (SSSR count). The predicted octanol–water partition coefficient (Wildman–Crippen LogP) is 5.13. The third-order valence-electron chi connectivity index (χ3n) is 7.63. The molecule has 1 aliphatic heterocycles. The Hall–Kier alpha value is -4.10. The molecule has 7 nitrogen and oxygen atoms in total. The minimum absolute atomic E-state index is 0.316. The molecule has 0 unspecified atom stereocenters. The Labute approximate surface area is 223 Å². The van der Waals surface area contributed by atoms with Crippen molar-refractivity contribution < 1.29 is 5.11 Å². The third-order valence-corrected chi connectivity index (χ3v) is 7.63. The fraction of sp³-hybridized carbons (Fsp3) is 0.290. The van der Waals surface area contributed by atoms with Crippen LogP contribution in [-0.2, 0) is 20.1 Å². The Bertz CT molecular complexity index is 1590. The second-order valence-electron chi connectivity index (χ2n) is 10.4. The molecule has 7 heteroatoms. The van der Waals surface area contributed by atoms with Crippen LogP contribution in [0.2, 0.25) is 0 Å². The highest BCUT2D eigenvalue weighted by Crippen LogP contribution is 2.28. The van der Waals surface area contributed by atoms with E-state index in [0.29, 0.717) is 5.75 Å². The Morgan fingerprint density at radius 2 is 1.71 bits per heavy atom. The van der Waals surface area contributed by atoms with E-state index in [1.54, 1.807) is 6.07 Å². The van der Waals surface area contributed by atoms with Gasteiger partial charge in [0, 0.05) is 63.3 Å². The number of piperazine rings is 1. The zero-order chi connectivity index (χ0) is 26.2. The lowest BCUT2D eigenvalue weighted by atomic mass is 10.1. The van der Waals surface area contributed by atoms with Crippen LogP contribution in [0.25, 0.3) is 22.2 Å². The number of aryl methyl sites for hydroxylation is 3. The van der Waals surface area contributed by atoms with Crippen molar-refractivity contribution in [3.05, 3.63) is 95.6 Å². The Morgan fingerprint density at radius 1 is 0.868 bits per heavy atom. The molecule has 5 aromatic rings. The van der Waals surface area contributed by atoms with Crippen LogP contribution in [0.15, 0.2) is 73.1 Å². The summed E-state index contributed by atoms with van der Waals surface area (Å²) >= 11 is 0. The van der Waals surface area contributed by atoms with Crippen molar-refractivity contribution in [1.82, 2.24) is 24.2 Å². The molecular formula is C31H34N6O. The standard InChI is InChI=1S/C31H34N6O/c1-22-7-8-23(2)25(15-22)20-37-30-16-24(26-18-32-34(3)19-26)9-10-29(30)33-31(37)21-35-11-13-36(14-12-35)27-5-4-6-28(38)17-27/h4-10,15-19,38H,11-14,20-21H2,1-3H3. The van der Waals surface area contributed by atoms with E-state index in [1.165, 1.54) is 16.7 Å². The molecule has 194 valence electrons. The Balaban J connectivity index is 1.31. The Morgan fingerprint density at radius 3 is 2.47 bits per heavy atom. The lowest BCUT2D eigenvalue weighted by Gasteiger charge is -2.36. The number of rotatable bonds is 6. The smallest absolute Gasteiger partial charge is 0.124 e. The number of hydrogen-bond donors (Lipinski definition) is 1. The van der Waals surface area contributed by atoms with E-state index in [4.69, 9.17) is 4.98 Å². The van der Waals surface area contributed by atoms with Gasteiger partial charge in [0.15, 0.2) is 0 Å². The second-order valence-corrected chi connectivity index (χ2v) is 10.4. The molecule has 0 amide bonds. The molecule has 0 atom stereocenters. The van der Waals surface area contributed by atoms with Crippen molar-refractivity contribution in [3.8, 4) is 16.9 Å². The highest BCUT2D eigenvalue weighted by atomic mass is 16.3. The summed E-state index contributed by atoms with van der Waals surface area (Å²) in [7, 11) is 1.95. The van der Waals surface area contributed by atoms with Crippen molar-refractivity contribution in [2.45, 2.75) is 26.9 Å². The van der Waals surface area contributed by atoms with E-state index >= 15 is 0 Å². The number of hydrogen-bond acceptors (Lipinski definition) is 5. The number of imidazole rings is 1. The summed E-state index contributed by atoms with van der Waals surface area (Å²) in [4.78, 5) is 9.97. The average molecular weight is 507 g/mol. The first kappa shape index (κ1) is 24.2. The summed E-state index contributed by atoms with van der Waals surface area (Å²) < 4.78 is 4.24. The van der Waals surface area contributed by atoms with Crippen LogP contribution in [0, 0.1) is 13.8 Å². The van der Waals surface area contributed by atoms with Crippen LogP contribution < -0.4 is 4.90 Å². The molecule has 3 aromatic carbocycles. The van der Waals surface area contributed by atoms with Gasteiger partial charge in [-0.15, -0.1) is 0 Å². The number of benzene rings is 3. The van der Waals surface area contributed by atoms with Gasteiger partial charge in [0.2, 0.25) is 0 Å². The van der Waals surface area contributed by atoms with Crippen LogP contribution >= 0.6 is 0 Å². The first-order valence-electron chi connectivity index (χ1n) is 13.2. The quantitative estimate of drug-likeness (QED) is 0.346. The van der Waals surface area contributed by atoms with Crippen LogP contribution in [0.1, 0.15) is 22.5 Å². The van der Waals surface area contributed by atoms with Gasteiger partial charge in [0.05, 0.1) is 23.8 Å². The fourth-order valence-electron chi connectivity index (χ4n) is 5.41. The number of phenolic OH excluding ortho intramolecular Hbond substituents is 1. The molecule has 1 N–H and O–H groups in total. The van der Waals surface area contributed by atoms with Gasteiger partial charge >= 0.3 is 0 Å². The fourth-order valence-corrected chi connectivity index (χ4v) is 5.41. The maximum absolute atomic E-state index is 9.89. The molecule has 38 heavy (non-hydrogen) atoms. The number of anilines is 1. The van der Waals surface area contributed by atoms with Crippen LogP contribution in [0.5, 0.6) is 5.75 Å². The molecule has 0 aliphatic carbocycles. The van der Waals surface area contributed by atoms with E-state index in [9.17, 15) is 5.11 Å². The monoisotopic (exact) mass is 506 g/mol. The Kier molecular flexibility index (Phi) is 6.37. The van der Waals surface area contributed by atoms with Crippen LogP contribution in [0.4, 0.5) is 5.69 Å². The minimum Gasteiger partial charge on any atom is -0.508 e. The van der Waals surface area contributed by atoms with Crippen molar-refractivity contribution in [2.75, 3.05) is 31.1 Å². The van der Waals surface area contributed by atoms with E-state index in [1.807, 2.05) is 30.1 Å². The van der Waals surface area contributed by atoms with Gasteiger partial charge in [-0.3, -0.25) is 9.58 Å². The number of aromatic hydroxyl groups is 1. The molecule has 0 radical (unpaired) electrons. The summed E-state index contributed by atoms with van der Waals surface area (Å²) in [5, 5.41) is 14.3. The molecule has 0 saturated carbocycles. The SMILES string of the molecule is Cc1ccc(C)c(Cn2c(CN3CCN(c4cccc(O)c4)CC3)nc3ccc(-c4cnn(C)c4)cc32)c1. The lowest BCUT2D eigenvalue weighted by Crippen LogP contribution is -2.46. The first-order valence-corrected chi connectivity index (χ1v) is 13.2. The first-order chi connectivity index (χ1) is 18.4. The van der Waals surface area contributed by atoms with E-state index in [-0.39, 0.29) is 0 Å². The molecular weight excluding hydrogens is 472 g/mol. The van der Waals surface area contributed by atoms with Crippen molar-refractivity contribution >= 4 is 16.7 Å². The highest BCUT2D eigenvalue weighted by Gasteiger charge is 2.21. The van der Waals surface area contributed by atoms with Crippen molar-refractivity contribution in [1.29, 1.82) is 0 Å². The van der Waals surface area contributed by atoms with Gasteiger partial charge < -0.3 is 14.6 Å². The highest BCUT2D eigenvalue weighted by molar-refractivity contribution is 5.82. The number of nitrogens with zero attached hydrogens (tertiary/aromatic N) is 6. The average Bonchev–Trinajstić information content (AvgIpc) is 3.49. The number of phenols is 1.